The minimum Gasteiger partial charge on any atom is -0.367 e. The molecular formula is C28H35F4N3O4S. The van der Waals surface area contributed by atoms with E-state index in [9.17, 15) is 30.8 Å². The van der Waals surface area contributed by atoms with Crippen LogP contribution < -0.4 is 5.32 Å². The lowest BCUT2D eigenvalue weighted by atomic mass is 9.78. The van der Waals surface area contributed by atoms with Crippen LogP contribution in [0.25, 0.3) is 0 Å². The molecule has 7 nitrogen and oxygen atoms in total. The van der Waals surface area contributed by atoms with Crippen molar-refractivity contribution in [3.8, 4) is 0 Å². The van der Waals surface area contributed by atoms with Crippen LogP contribution in [0.5, 0.6) is 0 Å². The average molecular weight is 586 g/mol. The number of hydrogen-bond acceptors (Lipinski definition) is 5. The van der Waals surface area contributed by atoms with Crippen LogP contribution in [-0.2, 0) is 25.7 Å². The van der Waals surface area contributed by atoms with Crippen LogP contribution >= 0.6 is 0 Å². The maximum absolute atomic E-state index is 13.4. The molecule has 220 valence electrons. The maximum Gasteiger partial charge on any atom is 0.416 e. The molecular weight excluding hydrogens is 550 g/mol. The molecule has 0 radical (unpaired) electrons. The van der Waals surface area contributed by atoms with Gasteiger partial charge in [-0.1, -0.05) is 18.2 Å². The number of nitrogens with one attached hydrogen (secondary N) is 1. The SMILES string of the molecule is CN(C)C(c1ccc(F)cc1)C1CCC(NC(=O)COC2CCN(S(=O)(=O)c3cccc(C(F)(F)F)c3)C2)CC1. The van der Waals surface area contributed by atoms with E-state index < -0.39 is 32.8 Å². The molecule has 1 saturated heterocycles. The monoisotopic (exact) mass is 585 g/mol. The Hall–Kier alpha value is -2.54. The largest absolute Gasteiger partial charge is 0.416 e. The Morgan fingerprint density at radius 1 is 1.07 bits per heavy atom. The number of ether oxygens (including phenoxy) is 1. The Kier molecular flexibility index (Phi) is 9.54. The minimum atomic E-state index is -4.65. The highest BCUT2D eigenvalue weighted by molar-refractivity contribution is 7.89. The van der Waals surface area contributed by atoms with Crippen LogP contribution in [0.1, 0.15) is 49.3 Å². The number of amides is 1. The summed E-state index contributed by atoms with van der Waals surface area (Å²) >= 11 is 0. The van der Waals surface area contributed by atoms with Crippen LogP contribution in [0.2, 0.25) is 0 Å². The number of benzene rings is 2. The van der Waals surface area contributed by atoms with Gasteiger partial charge in [0, 0.05) is 25.2 Å². The zero-order valence-electron chi connectivity index (χ0n) is 22.5. The molecule has 1 saturated carbocycles. The second-order valence-electron chi connectivity index (χ2n) is 10.7. The number of nitrogens with zero attached hydrogens (tertiary/aromatic N) is 2. The van der Waals surface area contributed by atoms with E-state index in [0.29, 0.717) is 18.4 Å². The van der Waals surface area contributed by atoms with Gasteiger partial charge in [-0.3, -0.25) is 4.79 Å². The quantitative estimate of drug-likeness (QED) is 0.436. The number of rotatable bonds is 9. The van der Waals surface area contributed by atoms with Crippen molar-refractivity contribution in [1.82, 2.24) is 14.5 Å². The highest BCUT2D eigenvalue weighted by Gasteiger charge is 2.36. The fourth-order valence-corrected chi connectivity index (χ4v) is 7.26. The van der Waals surface area contributed by atoms with Gasteiger partial charge in [-0.15, -0.1) is 0 Å². The number of carbonyl (C=O) groups excluding carboxylic acids is 1. The Bertz CT molecular complexity index is 1260. The predicted octanol–water partition coefficient (Wildman–Crippen LogP) is 4.60. The van der Waals surface area contributed by atoms with Gasteiger partial charge in [0.15, 0.2) is 0 Å². The molecule has 2 atom stereocenters. The molecule has 2 aliphatic rings. The van der Waals surface area contributed by atoms with E-state index in [1.807, 2.05) is 26.2 Å². The molecule has 40 heavy (non-hydrogen) atoms. The number of hydrogen-bond donors (Lipinski definition) is 1. The lowest BCUT2D eigenvalue weighted by Gasteiger charge is -2.37. The third-order valence-corrected chi connectivity index (χ3v) is 9.57. The number of carbonyl (C=O) groups is 1. The standard InChI is InChI=1S/C28H35F4N3O4S/c1-34(2)27(19-6-10-22(29)11-7-19)20-8-12-23(13-9-20)33-26(36)18-39-24-14-15-35(17-24)40(37,38)25-5-3-4-21(16-25)28(30,31)32/h3-7,10-11,16,20,23-24,27H,8-9,12-15,17-18H2,1-2H3,(H,33,36). The van der Waals surface area contributed by atoms with Gasteiger partial charge >= 0.3 is 6.18 Å². The van der Waals surface area contributed by atoms with Crippen LogP contribution in [0.4, 0.5) is 17.6 Å². The van der Waals surface area contributed by atoms with Gasteiger partial charge in [0.05, 0.1) is 16.6 Å². The highest BCUT2D eigenvalue weighted by Crippen LogP contribution is 2.37. The van der Waals surface area contributed by atoms with E-state index in [1.165, 1.54) is 12.1 Å². The molecule has 1 aliphatic carbocycles. The van der Waals surface area contributed by atoms with Crippen molar-refractivity contribution in [3.63, 3.8) is 0 Å². The van der Waals surface area contributed by atoms with Crippen molar-refractivity contribution in [2.75, 3.05) is 33.8 Å². The molecule has 1 N–H and O–H groups in total. The van der Waals surface area contributed by atoms with E-state index in [2.05, 4.69) is 10.2 Å². The van der Waals surface area contributed by atoms with Gasteiger partial charge in [-0.25, -0.2) is 12.8 Å². The van der Waals surface area contributed by atoms with Crippen LogP contribution in [0.15, 0.2) is 53.4 Å². The van der Waals surface area contributed by atoms with Crippen molar-refractivity contribution in [3.05, 3.63) is 65.5 Å². The summed E-state index contributed by atoms with van der Waals surface area (Å²) in [5.74, 6) is -0.184. The molecule has 2 aromatic rings. The summed E-state index contributed by atoms with van der Waals surface area (Å²) < 4.78 is 85.0. The molecule has 2 unspecified atom stereocenters. The first-order valence-corrected chi connectivity index (χ1v) is 14.8. The lowest BCUT2D eigenvalue weighted by molar-refractivity contribution is -0.137. The summed E-state index contributed by atoms with van der Waals surface area (Å²) in [6.45, 7) is -0.166. The smallest absolute Gasteiger partial charge is 0.367 e. The summed E-state index contributed by atoms with van der Waals surface area (Å²) in [6.07, 6.45) is -1.44. The average Bonchev–Trinajstić information content (AvgIpc) is 3.39. The van der Waals surface area contributed by atoms with Crippen molar-refractivity contribution < 1.29 is 35.5 Å². The van der Waals surface area contributed by atoms with E-state index in [1.54, 1.807) is 0 Å². The number of halogens is 4. The highest BCUT2D eigenvalue weighted by atomic mass is 32.2. The first-order valence-electron chi connectivity index (χ1n) is 13.3. The minimum absolute atomic E-state index is 0.00439. The molecule has 0 aromatic heterocycles. The van der Waals surface area contributed by atoms with Gasteiger partial charge in [-0.05, 0) is 88.0 Å². The van der Waals surface area contributed by atoms with E-state index in [-0.39, 0.29) is 43.5 Å². The first-order chi connectivity index (χ1) is 18.8. The fourth-order valence-electron chi connectivity index (χ4n) is 5.73. The van der Waals surface area contributed by atoms with Gasteiger partial charge < -0.3 is 15.0 Å². The van der Waals surface area contributed by atoms with Crippen molar-refractivity contribution in [1.29, 1.82) is 0 Å². The second kappa shape index (κ2) is 12.5. The molecule has 1 heterocycles. The molecule has 0 bridgehead atoms. The van der Waals surface area contributed by atoms with Crippen molar-refractivity contribution in [2.45, 2.75) is 61.4 Å². The first kappa shape index (κ1) is 30.4. The summed E-state index contributed by atoms with van der Waals surface area (Å²) in [6, 6.07) is 10.4. The van der Waals surface area contributed by atoms with E-state index in [4.69, 9.17) is 4.74 Å². The van der Waals surface area contributed by atoms with Gasteiger partial charge in [-0.2, -0.15) is 17.5 Å². The predicted molar refractivity (Wildman–Crippen MR) is 141 cm³/mol. The Balaban J connectivity index is 1.23. The normalized spacial score (nSPS) is 23.3. The van der Waals surface area contributed by atoms with Gasteiger partial charge in [0.1, 0.15) is 12.4 Å². The second-order valence-corrected chi connectivity index (χ2v) is 12.7. The third kappa shape index (κ3) is 7.39. The zero-order chi connectivity index (χ0) is 29.1. The molecule has 2 aromatic carbocycles. The molecule has 0 spiro atoms. The summed E-state index contributed by atoms with van der Waals surface area (Å²) in [5, 5.41) is 3.00. The number of sulfonamides is 1. The van der Waals surface area contributed by atoms with Gasteiger partial charge in [0.25, 0.3) is 0 Å². The maximum atomic E-state index is 13.4. The Morgan fingerprint density at radius 3 is 2.38 bits per heavy atom. The molecule has 12 heteroatoms. The van der Waals surface area contributed by atoms with Crippen LogP contribution in [0, 0.1) is 11.7 Å². The summed E-state index contributed by atoms with van der Waals surface area (Å²) in [4.78, 5) is 14.3. The molecule has 1 amide bonds. The van der Waals surface area contributed by atoms with Crippen LogP contribution in [-0.4, -0.2) is 69.5 Å². The van der Waals surface area contributed by atoms with Crippen molar-refractivity contribution >= 4 is 15.9 Å². The zero-order valence-corrected chi connectivity index (χ0v) is 23.3. The van der Waals surface area contributed by atoms with E-state index >= 15 is 0 Å². The number of alkyl halides is 3. The summed E-state index contributed by atoms with van der Waals surface area (Å²) in [5.41, 5.74) is 0.0342. The molecule has 2 fully saturated rings. The third-order valence-electron chi connectivity index (χ3n) is 7.71. The molecule has 4 rings (SSSR count). The Labute approximate surface area is 232 Å². The van der Waals surface area contributed by atoms with Gasteiger partial charge in [0.2, 0.25) is 15.9 Å². The molecule has 1 aliphatic heterocycles. The summed E-state index contributed by atoms with van der Waals surface area (Å²) in [7, 11) is -0.109. The fraction of sp³-hybridized carbons (Fsp3) is 0.536. The lowest BCUT2D eigenvalue weighted by Crippen LogP contribution is -2.42. The van der Waals surface area contributed by atoms with Crippen LogP contribution in [0.3, 0.4) is 0 Å². The topological polar surface area (TPSA) is 79.0 Å². The Morgan fingerprint density at radius 2 is 1.75 bits per heavy atom. The van der Waals surface area contributed by atoms with E-state index in [0.717, 1.165) is 53.8 Å². The van der Waals surface area contributed by atoms with Crippen molar-refractivity contribution in [2.24, 2.45) is 5.92 Å².